The van der Waals surface area contributed by atoms with Gasteiger partial charge in [0.25, 0.3) is 0 Å². The van der Waals surface area contributed by atoms with Crippen LogP contribution in [0.4, 0.5) is 0 Å². The van der Waals surface area contributed by atoms with Crippen molar-refractivity contribution in [1.29, 1.82) is 0 Å². The summed E-state index contributed by atoms with van der Waals surface area (Å²) in [6.45, 7) is 1.81. The lowest BCUT2D eigenvalue weighted by molar-refractivity contribution is 0.795. The minimum atomic E-state index is 0.847. The molecule has 2 heterocycles. The number of hydrogen-bond donors (Lipinski definition) is 1. The first-order chi connectivity index (χ1) is 4.97. The smallest absolute Gasteiger partial charge is 0.249 e. The highest BCUT2D eigenvalue weighted by atomic mass is 14.9. The second kappa shape index (κ2) is 2.29. The van der Waals surface area contributed by atoms with Crippen LogP contribution in [0, 0.1) is 0 Å². The van der Waals surface area contributed by atoms with Crippen molar-refractivity contribution in [2.75, 3.05) is 13.1 Å². The van der Waals surface area contributed by atoms with Crippen LogP contribution in [0.5, 0.6) is 0 Å². The Kier molecular flexibility index (Phi) is 1.31. The van der Waals surface area contributed by atoms with Gasteiger partial charge in [0.2, 0.25) is 12.8 Å². The van der Waals surface area contributed by atoms with Crippen LogP contribution >= 0.6 is 0 Å². The molecule has 0 amide bonds. The van der Waals surface area contributed by atoms with E-state index in [-0.39, 0.29) is 0 Å². The molecule has 0 fully saturated rings. The van der Waals surface area contributed by atoms with Gasteiger partial charge in [-0.1, -0.05) is 12.2 Å². The van der Waals surface area contributed by atoms with Crippen LogP contribution < -0.4 is 10.3 Å². The zero-order valence-electron chi connectivity index (χ0n) is 5.80. The molecule has 0 aromatic heterocycles. The zero-order valence-corrected chi connectivity index (χ0v) is 5.80. The highest BCUT2D eigenvalue weighted by Gasteiger charge is 2.15. The summed E-state index contributed by atoms with van der Waals surface area (Å²) in [4.78, 5) is 4.18. The molecule has 2 aliphatic heterocycles. The normalized spacial score (nSPS) is 22.4. The fourth-order valence-corrected chi connectivity index (χ4v) is 1.26. The van der Waals surface area contributed by atoms with Gasteiger partial charge in [-0.25, -0.2) is 0 Å². The van der Waals surface area contributed by atoms with E-state index in [1.807, 2.05) is 6.21 Å². The molecule has 2 aliphatic rings. The Morgan fingerprint density at radius 1 is 1.50 bits per heavy atom. The quantitative estimate of drug-likeness (QED) is 0.503. The molecule has 1 N–H and O–H groups in total. The van der Waals surface area contributed by atoms with Crippen LogP contribution in [0.25, 0.3) is 0 Å². The Morgan fingerprint density at radius 2 is 2.50 bits per heavy atom. The van der Waals surface area contributed by atoms with E-state index in [9.17, 15) is 0 Å². The van der Waals surface area contributed by atoms with Crippen LogP contribution in [0.15, 0.2) is 23.4 Å². The lowest BCUT2D eigenvalue weighted by Crippen LogP contribution is -2.25. The number of aliphatic imine (C=N–C) groups is 1. The highest BCUT2D eigenvalue weighted by molar-refractivity contribution is 5.64. The van der Waals surface area contributed by atoms with E-state index in [1.165, 1.54) is 11.3 Å². The molecule has 0 saturated carbocycles. The molecule has 2 heteroatoms. The summed E-state index contributed by atoms with van der Waals surface area (Å²) in [5.41, 5.74) is 2.71. The Labute approximate surface area is 60.3 Å². The van der Waals surface area contributed by atoms with Gasteiger partial charge in [0.1, 0.15) is 0 Å². The van der Waals surface area contributed by atoms with E-state index in [0.717, 1.165) is 19.5 Å². The average molecular weight is 134 g/mol. The zero-order chi connectivity index (χ0) is 6.81. The summed E-state index contributed by atoms with van der Waals surface area (Å²) in [5.74, 6) is 0. The van der Waals surface area contributed by atoms with Crippen molar-refractivity contribution in [2.24, 2.45) is 0 Å². The van der Waals surface area contributed by atoms with Crippen molar-refractivity contribution >= 4 is 6.21 Å². The third-order valence-electron chi connectivity index (χ3n) is 1.83. The van der Waals surface area contributed by atoms with E-state index in [4.69, 9.17) is 0 Å². The maximum Gasteiger partial charge on any atom is 0.249 e. The summed E-state index contributed by atoms with van der Waals surface area (Å²) >= 11 is 0. The van der Waals surface area contributed by atoms with Crippen molar-refractivity contribution in [3.05, 3.63) is 23.4 Å². The van der Waals surface area contributed by atoms with Gasteiger partial charge < -0.3 is 5.32 Å². The Balaban J connectivity index is 2.25. The fourth-order valence-electron chi connectivity index (χ4n) is 1.26. The molecule has 0 aliphatic carbocycles. The van der Waals surface area contributed by atoms with Crippen molar-refractivity contribution in [1.82, 2.24) is 10.3 Å². The summed E-state index contributed by atoms with van der Waals surface area (Å²) < 4.78 is 0. The summed E-state index contributed by atoms with van der Waals surface area (Å²) in [6, 6.07) is 0. The minimum Gasteiger partial charge on any atom is -0.379 e. The molecule has 0 bridgehead atoms. The number of allylic oxidation sites excluding steroid dienone is 2. The molecule has 0 atom stereocenters. The Hall–Kier alpha value is -1.05. The maximum absolute atomic E-state index is 4.18. The molecular weight excluding hydrogens is 124 g/mol. The molecule has 0 aromatic carbocycles. The molecule has 0 saturated heterocycles. The van der Waals surface area contributed by atoms with E-state index in [1.54, 1.807) is 0 Å². The lowest BCUT2D eigenvalue weighted by Gasteiger charge is -2.13. The van der Waals surface area contributed by atoms with E-state index in [2.05, 4.69) is 22.5 Å². The first kappa shape index (κ1) is 5.71. The third-order valence-corrected chi connectivity index (χ3v) is 1.83. The minimum absolute atomic E-state index is 0.847. The van der Waals surface area contributed by atoms with Crippen LogP contribution in [0.2, 0.25) is 0 Å². The molecule has 2 nitrogen and oxygen atoms in total. The Bertz CT molecular complexity index is 223. The van der Waals surface area contributed by atoms with Crippen molar-refractivity contribution in [2.45, 2.75) is 6.42 Å². The molecule has 51 valence electrons. The maximum atomic E-state index is 4.18. The fraction of sp³-hybridized carbons (Fsp3) is 0.375. The topological polar surface area (TPSA) is 26.1 Å². The standard InChI is InChI=1S/C8H10N2/c1-2-7-3-5-9-6-8(7)10-4-1/h1-2,5,10H,3-4,6H2/q+1. The van der Waals surface area contributed by atoms with Gasteiger partial charge in [-0.05, 0) is 5.57 Å². The Morgan fingerprint density at radius 3 is 3.40 bits per heavy atom. The molecule has 0 unspecified atom stereocenters. The predicted octanol–water partition coefficient (Wildman–Crippen LogP) is 0.210. The number of nitrogens with one attached hydrogen (secondary N) is 1. The SMILES string of the molecule is C1=CC2=C(C[N+]=CC2)NC1. The molecule has 10 heavy (non-hydrogen) atoms. The second-order valence-electron chi connectivity index (χ2n) is 2.51. The first-order valence-electron chi connectivity index (χ1n) is 3.57. The van der Waals surface area contributed by atoms with Gasteiger partial charge in [0.15, 0.2) is 0 Å². The van der Waals surface area contributed by atoms with Crippen molar-refractivity contribution in [3.63, 3.8) is 0 Å². The van der Waals surface area contributed by atoms with Gasteiger partial charge in [-0.2, -0.15) is 0 Å². The van der Waals surface area contributed by atoms with Gasteiger partial charge in [-0.15, -0.1) is 0 Å². The predicted molar refractivity (Wildman–Crippen MR) is 41.9 cm³/mol. The largest absolute Gasteiger partial charge is 0.379 e. The van der Waals surface area contributed by atoms with Crippen LogP contribution in [0.1, 0.15) is 6.42 Å². The van der Waals surface area contributed by atoms with Gasteiger partial charge in [-0.3, -0.25) is 0 Å². The van der Waals surface area contributed by atoms with Gasteiger partial charge in [0.05, 0.1) is 12.1 Å². The van der Waals surface area contributed by atoms with Crippen LogP contribution in [-0.4, -0.2) is 19.3 Å². The van der Waals surface area contributed by atoms with E-state index in [0.29, 0.717) is 0 Å². The number of hydrogen-bond acceptors (Lipinski definition) is 2. The molecular formula is C8H10N2+. The molecule has 2 rings (SSSR count). The van der Waals surface area contributed by atoms with E-state index >= 15 is 0 Å². The molecule has 0 spiro atoms. The third kappa shape index (κ3) is 0.856. The highest BCUT2D eigenvalue weighted by Crippen LogP contribution is 2.11. The van der Waals surface area contributed by atoms with Crippen molar-refractivity contribution < 1.29 is 0 Å². The van der Waals surface area contributed by atoms with Crippen LogP contribution in [-0.2, 0) is 0 Å². The number of nitrogens with zero attached hydrogens (tertiary/aromatic N) is 1. The monoisotopic (exact) mass is 134 g/mol. The number of rotatable bonds is 0. The molecule has 1 radical (unpaired) electrons. The summed E-state index contributed by atoms with van der Waals surface area (Å²) in [6.07, 6.45) is 7.32. The average Bonchev–Trinajstić information content (AvgIpc) is 2.05. The number of dihydropyridines is 2. The van der Waals surface area contributed by atoms with Crippen molar-refractivity contribution in [3.8, 4) is 0 Å². The summed E-state index contributed by atoms with van der Waals surface area (Å²) in [7, 11) is 0. The van der Waals surface area contributed by atoms with Crippen LogP contribution in [0.3, 0.4) is 0 Å². The van der Waals surface area contributed by atoms with Gasteiger partial charge in [0, 0.05) is 11.5 Å². The molecule has 0 aromatic rings. The lowest BCUT2D eigenvalue weighted by atomic mass is 10.1. The summed E-state index contributed by atoms with van der Waals surface area (Å²) in [5, 5.41) is 3.30. The van der Waals surface area contributed by atoms with Gasteiger partial charge >= 0.3 is 0 Å². The van der Waals surface area contributed by atoms with E-state index < -0.39 is 0 Å². The first-order valence-corrected chi connectivity index (χ1v) is 3.57. The second-order valence-corrected chi connectivity index (χ2v) is 2.51.